The Morgan fingerprint density at radius 1 is 0.935 bits per heavy atom. The number of hydrogen-bond acceptors (Lipinski definition) is 4. The van der Waals surface area contributed by atoms with E-state index < -0.39 is 0 Å². The number of nitrogens with zero attached hydrogens (tertiary/aromatic N) is 3. The van der Waals surface area contributed by atoms with Crippen LogP contribution >= 0.6 is 0 Å². The van der Waals surface area contributed by atoms with Gasteiger partial charge in [0.15, 0.2) is 0 Å². The predicted molar refractivity (Wildman–Crippen MR) is 120 cm³/mol. The Hall–Kier alpha value is -2.77. The number of piperazine rings is 1. The Balaban J connectivity index is 1.46. The van der Waals surface area contributed by atoms with Gasteiger partial charge in [0.1, 0.15) is 5.82 Å². The number of rotatable bonds is 8. The molecule has 7 heteroatoms. The minimum absolute atomic E-state index is 0.0322. The van der Waals surface area contributed by atoms with Crippen LogP contribution in [0.15, 0.2) is 48.5 Å². The van der Waals surface area contributed by atoms with E-state index in [4.69, 9.17) is 0 Å². The lowest BCUT2D eigenvalue weighted by molar-refractivity contribution is -0.117. The standard InChI is InChI=1S/C24H31FN4O2/c1-3-27(4-2)17-19-5-7-20(8-6-19)24(31)29-15-13-28(14-16-29)18-23(30)26-22-11-9-21(25)10-12-22/h5-12H,3-4,13-18H2,1-2H3,(H,26,30). The van der Waals surface area contributed by atoms with Gasteiger partial charge in [-0.3, -0.25) is 19.4 Å². The van der Waals surface area contributed by atoms with Gasteiger partial charge in [-0.15, -0.1) is 0 Å². The number of carbonyl (C=O) groups is 2. The van der Waals surface area contributed by atoms with E-state index in [1.807, 2.05) is 34.1 Å². The summed E-state index contributed by atoms with van der Waals surface area (Å²) < 4.78 is 13.0. The fraction of sp³-hybridized carbons (Fsp3) is 0.417. The number of halogens is 1. The summed E-state index contributed by atoms with van der Waals surface area (Å²) in [5.41, 5.74) is 2.48. The van der Waals surface area contributed by atoms with Gasteiger partial charge in [-0.2, -0.15) is 0 Å². The van der Waals surface area contributed by atoms with Crippen LogP contribution in [0.25, 0.3) is 0 Å². The highest BCUT2D eigenvalue weighted by molar-refractivity contribution is 5.94. The van der Waals surface area contributed by atoms with Gasteiger partial charge in [0.05, 0.1) is 6.54 Å². The summed E-state index contributed by atoms with van der Waals surface area (Å²) in [4.78, 5) is 31.3. The molecule has 0 unspecified atom stereocenters. The number of hydrogen-bond donors (Lipinski definition) is 1. The van der Waals surface area contributed by atoms with Crippen LogP contribution in [-0.4, -0.2) is 72.3 Å². The Kier molecular flexibility index (Phi) is 8.14. The van der Waals surface area contributed by atoms with Gasteiger partial charge in [-0.1, -0.05) is 26.0 Å². The van der Waals surface area contributed by atoms with Crippen molar-refractivity contribution in [3.05, 3.63) is 65.5 Å². The predicted octanol–water partition coefficient (Wildman–Crippen LogP) is 3.06. The first kappa shape index (κ1) is 22.9. The van der Waals surface area contributed by atoms with E-state index in [-0.39, 0.29) is 24.2 Å². The molecule has 6 nitrogen and oxygen atoms in total. The molecular weight excluding hydrogens is 395 g/mol. The minimum Gasteiger partial charge on any atom is -0.336 e. The zero-order valence-electron chi connectivity index (χ0n) is 18.3. The second-order valence-electron chi connectivity index (χ2n) is 7.78. The first-order chi connectivity index (χ1) is 15.0. The van der Waals surface area contributed by atoms with Crippen LogP contribution in [0.2, 0.25) is 0 Å². The normalized spacial score (nSPS) is 14.6. The van der Waals surface area contributed by atoms with Crippen molar-refractivity contribution in [2.24, 2.45) is 0 Å². The van der Waals surface area contributed by atoms with E-state index in [0.717, 1.165) is 19.6 Å². The van der Waals surface area contributed by atoms with Crippen molar-refractivity contribution < 1.29 is 14.0 Å². The summed E-state index contributed by atoms with van der Waals surface area (Å²) in [5.74, 6) is -0.447. The third-order valence-electron chi connectivity index (χ3n) is 5.66. The molecular formula is C24H31FN4O2. The van der Waals surface area contributed by atoms with E-state index in [0.29, 0.717) is 37.4 Å². The smallest absolute Gasteiger partial charge is 0.253 e. The van der Waals surface area contributed by atoms with Crippen LogP contribution in [0.4, 0.5) is 10.1 Å². The van der Waals surface area contributed by atoms with E-state index in [1.54, 1.807) is 0 Å². The van der Waals surface area contributed by atoms with Crippen LogP contribution in [0.5, 0.6) is 0 Å². The molecule has 0 atom stereocenters. The summed E-state index contributed by atoms with van der Waals surface area (Å²) in [7, 11) is 0. The van der Waals surface area contributed by atoms with E-state index in [2.05, 4.69) is 24.1 Å². The van der Waals surface area contributed by atoms with E-state index in [1.165, 1.54) is 29.8 Å². The maximum atomic E-state index is 13.0. The van der Waals surface area contributed by atoms with Gasteiger partial charge < -0.3 is 10.2 Å². The molecule has 1 aliphatic heterocycles. The molecule has 1 heterocycles. The zero-order chi connectivity index (χ0) is 22.2. The molecule has 31 heavy (non-hydrogen) atoms. The minimum atomic E-state index is -0.336. The summed E-state index contributed by atoms with van der Waals surface area (Å²) in [6.07, 6.45) is 0. The first-order valence-corrected chi connectivity index (χ1v) is 10.9. The highest BCUT2D eigenvalue weighted by atomic mass is 19.1. The Morgan fingerprint density at radius 3 is 2.13 bits per heavy atom. The van der Waals surface area contributed by atoms with Gasteiger partial charge in [-0.25, -0.2) is 4.39 Å². The molecule has 0 spiro atoms. The Labute approximate surface area is 183 Å². The van der Waals surface area contributed by atoms with Crippen LogP contribution in [0.3, 0.4) is 0 Å². The fourth-order valence-corrected chi connectivity index (χ4v) is 3.69. The number of benzene rings is 2. The molecule has 3 rings (SSSR count). The maximum absolute atomic E-state index is 13.0. The molecule has 1 saturated heterocycles. The Morgan fingerprint density at radius 2 is 1.55 bits per heavy atom. The molecule has 1 aliphatic rings. The highest BCUT2D eigenvalue weighted by Crippen LogP contribution is 2.13. The third-order valence-corrected chi connectivity index (χ3v) is 5.66. The largest absolute Gasteiger partial charge is 0.336 e. The second-order valence-corrected chi connectivity index (χ2v) is 7.78. The van der Waals surface area contributed by atoms with Crippen LogP contribution in [0.1, 0.15) is 29.8 Å². The van der Waals surface area contributed by atoms with Crippen molar-refractivity contribution >= 4 is 17.5 Å². The van der Waals surface area contributed by atoms with Gasteiger partial charge in [0.25, 0.3) is 5.91 Å². The van der Waals surface area contributed by atoms with Crippen molar-refractivity contribution in [3.8, 4) is 0 Å². The topological polar surface area (TPSA) is 55.9 Å². The van der Waals surface area contributed by atoms with Gasteiger partial charge >= 0.3 is 0 Å². The monoisotopic (exact) mass is 426 g/mol. The van der Waals surface area contributed by atoms with Crippen LogP contribution in [0, 0.1) is 5.82 Å². The maximum Gasteiger partial charge on any atom is 0.253 e. The average Bonchev–Trinajstić information content (AvgIpc) is 2.79. The number of anilines is 1. The molecule has 0 bridgehead atoms. The van der Waals surface area contributed by atoms with Crippen molar-refractivity contribution in [2.45, 2.75) is 20.4 Å². The molecule has 2 aromatic rings. The van der Waals surface area contributed by atoms with Crippen LogP contribution in [-0.2, 0) is 11.3 Å². The first-order valence-electron chi connectivity index (χ1n) is 10.9. The molecule has 0 saturated carbocycles. The van der Waals surface area contributed by atoms with Gasteiger partial charge in [-0.05, 0) is 55.1 Å². The van der Waals surface area contributed by atoms with E-state index in [9.17, 15) is 14.0 Å². The second kappa shape index (κ2) is 11.0. The summed E-state index contributed by atoms with van der Waals surface area (Å²) >= 11 is 0. The Bertz CT molecular complexity index is 858. The molecule has 1 fully saturated rings. The van der Waals surface area contributed by atoms with Crippen molar-refractivity contribution in [3.63, 3.8) is 0 Å². The highest BCUT2D eigenvalue weighted by Gasteiger charge is 2.23. The molecule has 1 N–H and O–H groups in total. The van der Waals surface area contributed by atoms with Crippen molar-refractivity contribution in [1.29, 1.82) is 0 Å². The lowest BCUT2D eigenvalue weighted by Gasteiger charge is -2.34. The van der Waals surface area contributed by atoms with Gasteiger partial charge in [0, 0.05) is 44.0 Å². The molecule has 0 radical (unpaired) electrons. The third kappa shape index (κ3) is 6.60. The average molecular weight is 427 g/mol. The lowest BCUT2D eigenvalue weighted by Crippen LogP contribution is -2.50. The fourth-order valence-electron chi connectivity index (χ4n) is 3.69. The quantitative estimate of drug-likeness (QED) is 0.705. The number of nitrogens with one attached hydrogen (secondary N) is 1. The molecule has 166 valence electrons. The molecule has 2 amide bonds. The van der Waals surface area contributed by atoms with E-state index >= 15 is 0 Å². The van der Waals surface area contributed by atoms with Crippen LogP contribution < -0.4 is 5.32 Å². The molecule has 0 aromatic heterocycles. The number of carbonyl (C=O) groups excluding carboxylic acids is 2. The van der Waals surface area contributed by atoms with Gasteiger partial charge in [0.2, 0.25) is 5.91 Å². The number of amides is 2. The van der Waals surface area contributed by atoms with Crippen molar-refractivity contribution in [1.82, 2.24) is 14.7 Å². The van der Waals surface area contributed by atoms with Crippen molar-refractivity contribution in [2.75, 3.05) is 51.1 Å². The molecule has 0 aliphatic carbocycles. The summed E-state index contributed by atoms with van der Waals surface area (Å²) in [6, 6.07) is 13.6. The molecule has 2 aromatic carbocycles. The SMILES string of the molecule is CCN(CC)Cc1ccc(C(=O)N2CCN(CC(=O)Nc3ccc(F)cc3)CC2)cc1. The lowest BCUT2D eigenvalue weighted by atomic mass is 10.1. The summed E-state index contributed by atoms with van der Waals surface area (Å²) in [6.45, 7) is 9.90. The summed E-state index contributed by atoms with van der Waals surface area (Å²) in [5, 5.41) is 2.77. The zero-order valence-corrected chi connectivity index (χ0v) is 18.3.